The molecule has 19 heavy (non-hydrogen) atoms. The van der Waals surface area contributed by atoms with Gasteiger partial charge in [0.25, 0.3) is 0 Å². The van der Waals surface area contributed by atoms with E-state index < -0.39 is 6.10 Å². The Balaban J connectivity index is 1.95. The average molecular weight is 264 g/mol. The number of aliphatic hydroxyl groups excluding tert-OH is 2. The maximum Gasteiger partial charge on any atom is 0.0917 e. The van der Waals surface area contributed by atoms with Gasteiger partial charge < -0.3 is 15.9 Å². The largest absolute Gasteiger partial charge is 0.399 e. The van der Waals surface area contributed by atoms with E-state index in [0.717, 1.165) is 18.5 Å². The highest BCUT2D eigenvalue weighted by Crippen LogP contribution is 2.27. The molecule has 0 aromatic heterocycles. The maximum absolute atomic E-state index is 10.3. The van der Waals surface area contributed by atoms with Crippen LogP contribution in [0.4, 0.5) is 5.69 Å². The van der Waals surface area contributed by atoms with Crippen LogP contribution in [0.3, 0.4) is 0 Å². The van der Waals surface area contributed by atoms with Gasteiger partial charge in [0.2, 0.25) is 0 Å². The van der Waals surface area contributed by atoms with Gasteiger partial charge >= 0.3 is 0 Å². The fraction of sp³-hybridized carbons (Fsp3) is 0.600. The van der Waals surface area contributed by atoms with Crippen LogP contribution in [0.25, 0.3) is 0 Å². The lowest BCUT2D eigenvalue weighted by atomic mass is 9.90. The number of nitrogens with zero attached hydrogens (tertiary/aromatic N) is 1. The van der Waals surface area contributed by atoms with Crippen LogP contribution in [0.5, 0.6) is 0 Å². The molecule has 1 aliphatic carbocycles. The van der Waals surface area contributed by atoms with Crippen molar-refractivity contribution in [2.75, 3.05) is 25.4 Å². The Morgan fingerprint density at radius 3 is 2.74 bits per heavy atom. The van der Waals surface area contributed by atoms with E-state index in [1.807, 2.05) is 24.3 Å². The Kier molecular flexibility index (Phi) is 5.19. The first-order valence-electron chi connectivity index (χ1n) is 7.09. The number of benzene rings is 1. The maximum atomic E-state index is 10.3. The molecule has 1 atom stereocenters. The van der Waals surface area contributed by atoms with E-state index in [-0.39, 0.29) is 6.61 Å². The highest BCUT2D eigenvalue weighted by molar-refractivity contribution is 5.41. The third kappa shape index (κ3) is 3.93. The topological polar surface area (TPSA) is 69.7 Å². The number of aliphatic hydroxyl groups is 2. The number of hydrogen-bond acceptors (Lipinski definition) is 4. The van der Waals surface area contributed by atoms with Gasteiger partial charge in [0.05, 0.1) is 6.10 Å². The zero-order chi connectivity index (χ0) is 13.7. The second kappa shape index (κ2) is 6.89. The first-order chi connectivity index (χ1) is 9.20. The molecule has 0 heterocycles. The fourth-order valence-corrected chi connectivity index (χ4v) is 2.54. The van der Waals surface area contributed by atoms with Crippen LogP contribution in [0.15, 0.2) is 24.3 Å². The number of nitrogen functional groups attached to an aromatic ring is 1. The van der Waals surface area contributed by atoms with Gasteiger partial charge in [-0.05, 0) is 37.0 Å². The van der Waals surface area contributed by atoms with Crippen molar-refractivity contribution in [1.82, 2.24) is 4.90 Å². The molecule has 1 saturated carbocycles. The first kappa shape index (κ1) is 14.3. The first-order valence-corrected chi connectivity index (χ1v) is 7.09. The zero-order valence-corrected chi connectivity index (χ0v) is 11.3. The Hall–Kier alpha value is -1.10. The van der Waals surface area contributed by atoms with Crippen molar-refractivity contribution in [2.24, 2.45) is 0 Å². The monoisotopic (exact) mass is 264 g/mol. The second-order valence-electron chi connectivity index (χ2n) is 5.34. The van der Waals surface area contributed by atoms with Gasteiger partial charge in [-0.2, -0.15) is 0 Å². The van der Waals surface area contributed by atoms with Crippen LogP contribution in [0.1, 0.15) is 37.4 Å². The zero-order valence-electron chi connectivity index (χ0n) is 11.3. The third-order valence-corrected chi connectivity index (χ3v) is 3.90. The number of rotatable bonds is 7. The van der Waals surface area contributed by atoms with Crippen LogP contribution >= 0.6 is 0 Å². The van der Waals surface area contributed by atoms with Gasteiger partial charge in [-0.1, -0.05) is 18.6 Å². The number of hydrogen-bond donors (Lipinski definition) is 3. The van der Waals surface area contributed by atoms with Crippen molar-refractivity contribution < 1.29 is 10.2 Å². The van der Waals surface area contributed by atoms with Crippen LogP contribution in [0.2, 0.25) is 0 Å². The van der Waals surface area contributed by atoms with E-state index in [0.29, 0.717) is 18.3 Å². The van der Waals surface area contributed by atoms with Gasteiger partial charge in [0, 0.05) is 31.4 Å². The van der Waals surface area contributed by atoms with Crippen molar-refractivity contribution in [1.29, 1.82) is 0 Å². The van der Waals surface area contributed by atoms with E-state index in [1.54, 1.807) is 0 Å². The van der Waals surface area contributed by atoms with Crippen molar-refractivity contribution in [3.63, 3.8) is 0 Å². The van der Waals surface area contributed by atoms with Crippen LogP contribution < -0.4 is 5.73 Å². The third-order valence-electron chi connectivity index (χ3n) is 3.90. The average Bonchev–Trinajstić information content (AvgIpc) is 2.33. The summed E-state index contributed by atoms with van der Waals surface area (Å²) in [5, 5.41) is 19.3. The fourth-order valence-electron chi connectivity index (χ4n) is 2.54. The molecule has 106 valence electrons. The molecule has 4 nitrogen and oxygen atoms in total. The van der Waals surface area contributed by atoms with Gasteiger partial charge in [-0.15, -0.1) is 0 Å². The molecular weight excluding hydrogens is 240 g/mol. The molecule has 4 N–H and O–H groups in total. The highest BCUT2D eigenvalue weighted by atomic mass is 16.3. The molecular formula is C15H24N2O2. The molecule has 0 aliphatic heterocycles. The van der Waals surface area contributed by atoms with Crippen molar-refractivity contribution >= 4 is 5.69 Å². The molecule has 0 radical (unpaired) electrons. The van der Waals surface area contributed by atoms with Crippen molar-refractivity contribution in [3.8, 4) is 0 Å². The van der Waals surface area contributed by atoms with Gasteiger partial charge in [0.15, 0.2) is 0 Å². The second-order valence-corrected chi connectivity index (χ2v) is 5.34. The molecule has 0 saturated heterocycles. The number of nitrogens with two attached hydrogens (primary N) is 1. The lowest BCUT2D eigenvalue weighted by Gasteiger charge is -2.38. The van der Waals surface area contributed by atoms with E-state index in [4.69, 9.17) is 10.8 Å². The Morgan fingerprint density at radius 1 is 1.37 bits per heavy atom. The van der Waals surface area contributed by atoms with E-state index >= 15 is 0 Å². The van der Waals surface area contributed by atoms with E-state index in [9.17, 15) is 5.11 Å². The van der Waals surface area contributed by atoms with Crippen LogP contribution in [-0.4, -0.2) is 40.9 Å². The molecule has 1 fully saturated rings. The lowest BCUT2D eigenvalue weighted by Crippen LogP contribution is -2.43. The summed E-state index contributed by atoms with van der Waals surface area (Å²) in [6.07, 6.45) is 3.93. The summed E-state index contributed by atoms with van der Waals surface area (Å²) in [5.41, 5.74) is 7.30. The normalized spacial score (nSPS) is 17.4. The summed E-state index contributed by atoms with van der Waals surface area (Å²) < 4.78 is 0. The van der Waals surface area contributed by atoms with Gasteiger partial charge in [-0.3, -0.25) is 4.90 Å². The minimum atomic E-state index is -0.511. The lowest BCUT2D eigenvalue weighted by molar-refractivity contribution is 0.0537. The van der Waals surface area contributed by atoms with Crippen LogP contribution in [-0.2, 0) is 0 Å². The Morgan fingerprint density at radius 2 is 2.16 bits per heavy atom. The molecule has 1 aromatic carbocycles. The molecule has 0 spiro atoms. The minimum absolute atomic E-state index is 0.206. The SMILES string of the molecule is Nc1cccc(C(O)CN(CCCO)C2CCC2)c1. The molecule has 2 rings (SSSR count). The minimum Gasteiger partial charge on any atom is -0.399 e. The molecule has 4 heteroatoms. The van der Waals surface area contributed by atoms with E-state index in [1.165, 1.54) is 19.3 Å². The molecule has 0 amide bonds. The predicted octanol–water partition coefficient (Wildman–Crippen LogP) is 1.54. The molecule has 1 aliphatic rings. The summed E-state index contributed by atoms with van der Waals surface area (Å²) in [4.78, 5) is 2.30. The van der Waals surface area contributed by atoms with Crippen molar-refractivity contribution in [2.45, 2.75) is 37.8 Å². The summed E-state index contributed by atoms with van der Waals surface area (Å²) in [5.74, 6) is 0. The Labute approximate surface area is 114 Å². The van der Waals surface area contributed by atoms with Crippen molar-refractivity contribution in [3.05, 3.63) is 29.8 Å². The van der Waals surface area contributed by atoms with E-state index in [2.05, 4.69) is 4.90 Å². The smallest absolute Gasteiger partial charge is 0.0917 e. The summed E-state index contributed by atoms with van der Waals surface area (Å²) in [6.45, 7) is 1.67. The quantitative estimate of drug-likeness (QED) is 0.653. The Bertz CT molecular complexity index is 393. The molecule has 1 aromatic rings. The predicted molar refractivity (Wildman–Crippen MR) is 76.7 cm³/mol. The van der Waals surface area contributed by atoms with Crippen LogP contribution in [0, 0.1) is 0 Å². The molecule has 0 bridgehead atoms. The standard InChI is InChI=1S/C15H24N2O2/c16-13-5-1-4-12(10-13)15(19)11-17(8-3-9-18)14-6-2-7-14/h1,4-5,10,14-15,18-19H,2-3,6-9,11,16H2. The van der Waals surface area contributed by atoms with Gasteiger partial charge in [-0.25, -0.2) is 0 Å². The summed E-state index contributed by atoms with van der Waals surface area (Å²) in [6, 6.07) is 8.00. The highest BCUT2D eigenvalue weighted by Gasteiger charge is 2.26. The number of anilines is 1. The summed E-state index contributed by atoms with van der Waals surface area (Å²) in [7, 11) is 0. The summed E-state index contributed by atoms with van der Waals surface area (Å²) >= 11 is 0. The molecule has 1 unspecified atom stereocenters. The van der Waals surface area contributed by atoms with Gasteiger partial charge in [0.1, 0.15) is 0 Å².